The number of hydrogen-bond acceptors (Lipinski definition) is 3. The molecule has 1 fully saturated rings. The van der Waals surface area contributed by atoms with Gasteiger partial charge >= 0.3 is 0 Å². The van der Waals surface area contributed by atoms with Gasteiger partial charge in [0.15, 0.2) is 0 Å². The van der Waals surface area contributed by atoms with Crippen LogP contribution in [0.15, 0.2) is 42.5 Å². The minimum atomic E-state index is 0.0427. The highest BCUT2D eigenvalue weighted by Gasteiger charge is 2.21. The highest BCUT2D eigenvalue weighted by molar-refractivity contribution is 6.19. The minimum Gasteiger partial charge on any atom is -0.367 e. The van der Waals surface area contributed by atoms with Crippen LogP contribution < -0.4 is 4.90 Å². The summed E-state index contributed by atoms with van der Waals surface area (Å²) < 4.78 is 0. The molecule has 3 rings (SSSR count). The van der Waals surface area contributed by atoms with Gasteiger partial charge in [0.2, 0.25) is 5.91 Å². The van der Waals surface area contributed by atoms with Gasteiger partial charge in [-0.05, 0) is 19.1 Å². The minimum absolute atomic E-state index is 0.0427. The fourth-order valence-corrected chi connectivity index (χ4v) is 3.05. The molecule has 2 heterocycles. The molecule has 5 heteroatoms. The number of alkyl halides is 1. The van der Waals surface area contributed by atoms with E-state index in [1.165, 1.54) is 11.1 Å². The van der Waals surface area contributed by atoms with E-state index < -0.39 is 0 Å². The SMILES string of the molecule is Cc1cc(N2CCN(C(=O)/C=C\CCl)CC2)c2ccccc2n1. The second-order valence-corrected chi connectivity index (χ2v) is 5.98. The number of carbonyl (C=O) groups excluding carboxylic acids is 1. The van der Waals surface area contributed by atoms with Crippen molar-refractivity contribution in [3.63, 3.8) is 0 Å². The molecule has 0 atom stereocenters. The molecule has 23 heavy (non-hydrogen) atoms. The molecule has 2 aromatic rings. The largest absolute Gasteiger partial charge is 0.367 e. The van der Waals surface area contributed by atoms with Crippen molar-refractivity contribution >= 4 is 34.1 Å². The van der Waals surface area contributed by atoms with Crippen LogP contribution in [0.2, 0.25) is 0 Å². The zero-order chi connectivity index (χ0) is 16.2. The Bertz CT molecular complexity index is 736. The number of carbonyl (C=O) groups is 1. The number of hydrogen-bond donors (Lipinski definition) is 0. The lowest BCUT2D eigenvalue weighted by Gasteiger charge is -2.36. The Morgan fingerprint density at radius 2 is 2.00 bits per heavy atom. The maximum absolute atomic E-state index is 12.0. The van der Waals surface area contributed by atoms with Crippen molar-refractivity contribution in [2.75, 3.05) is 37.0 Å². The molecule has 0 aliphatic carbocycles. The van der Waals surface area contributed by atoms with Crippen LogP contribution in [-0.2, 0) is 4.79 Å². The van der Waals surface area contributed by atoms with Crippen LogP contribution in [-0.4, -0.2) is 47.9 Å². The summed E-state index contributed by atoms with van der Waals surface area (Å²) in [5.74, 6) is 0.412. The van der Waals surface area contributed by atoms with Crippen molar-refractivity contribution < 1.29 is 4.79 Å². The average Bonchev–Trinajstić information content (AvgIpc) is 2.59. The predicted octanol–water partition coefficient (Wildman–Crippen LogP) is 2.99. The Morgan fingerprint density at radius 3 is 2.74 bits per heavy atom. The number of para-hydroxylation sites is 1. The lowest BCUT2D eigenvalue weighted by Crippen LogP contribution is -2.48. The van der Waals surface area contributed by atoms with Crippen molar-refractivity contribution in [3.05, 3.63) is 48.2 Å². The van der Waals surface area contributed by atoms with Crippen LogP contribution in [0.25, 0.3) is 10.9 Å². The lowest BCUT2D eigenvalue weighted by molar-refractivity contribution is -0.126. The van der Waals surface area contributed by atoms with Gasteiger partial charge in [-0.1, -0.05) is 24.3 Å². The summed E-state index contributed by atoms with van der Waals surface area (Å²) in [5.41, 5.74) is 3.24. The van der Waals surface area contributed by atoms with Gasteiger partial charge in [0, 0.05) is 54.9 Å². The average molecular weight is 330 g/mol. The number of allylic oxidation sites excluding steroid dienone is 1. The van der Waals surface area contributed by atoms with E-state index in [1.807, 2.05) is 30.0 Å². The maximum atomic E-state index is 12.0. The van der Waals surface area contributed by atoms with Crippen molar-refractivity contribution in [2.45, 2.75) is 6.92 Å². The molecule has 120 valence electrons. The molecule has 1 aliphatic heterocycles. The number of benzene rings is 1. The number of piperazine rings is 1. The molecule has 0 bridgehead atoms. The Balaban J connectivity index is 1.78. The molecule has 1 aromatic carbocycles. The number of anilines is 1. The molecule has 0 N–H and O–H groups in total. The van der Waals surface area contributed by atoms with E-state index >= 15 is 0 Å². The summed E-state index contributed by atoms with van der Waals surface area (Å²) >= 11 is 5.59. The smallest absolute Gasteiger partial charge is 0.246 e. The van der Waals surface area contributed by atoms with E-state index in [0.717, 1.165) is 37.4 Å². The Hall–Kier alpha value is -2.07. The second kappa shape index (κ2) is 7.01. The summed E-state index contributed by atoms with van der Waals surface area (Å²) in [5, 5.41) is 1.17. The number of aromatic nitrogens is 1. The standard InChI is InChI=1S/C18H20ClN3O/c1-14-13-17(15-5-2-3-6-16(15)20-14)21-9-11-22(12-10-21)18(23)7-4-8-19/h2-7,13H,8-12H2,1H3/b7-4-. The van der Waals surface area contributed by atoms with Crippen LogP contribution in [0, 0.1) is 6.92 Å². The third kappa shape index (κ3) is 3.48. The number of fused-ring (bicyclic) bond motifs is 1. The van der Waals surface area contributed by atoms with E-state index in [9.17, 15) is 4.79 Å². The molecule has 0 spiro atoms. The van der Waals surface area contributed by atoms with Gasteiger partial charge in [0.25, 0.3) is 0 Å². The van der Waals surface area contributed by atoms with Crippen molar-refractivity contribution in [2.24, 2.45) is 0 Å². The van der Waals surface area contributed by atoms with E-state index in [4.69, 9.17) is 11.6 Å². The van der Waals surface area contributed by atoms with Gasteiger partial charge in [0.05, 0.1) is 5.52 Å². The summed E-state index contributed by atoms with van der Waals surface area (Å²) in [6.45, 7) is 5.12. The Kier molecular flexibility index (Phi) is 4.82. The number of nitrogens with zero attached hydrogens (tertiary/aromatic N) is 3. The zero-order valence-electron chi connectivity index (χ0n) is 13.2. The van der Waals surface area contributed by atoms with Gasteiger partial charge in [-0.3, -0.25) is 9.78 Å². The normalized spacial score (nSPS) is 15.6. The Labute approximate surface area is 141 Å². The fourth-order valence-electron chi connectivity index (χ4n) is 2.97. The van der Waals surface area contributed by atoms with Gasteiger partial charge in [-0.25, -0.2) is 0 Å². The first kappa shape index (κ1) is 15.8. The Morgan fingerprint density at radius 1 is 1.26 bits per heavy atom. The van der Waals surface area contributed by atoms with Gasteiger partial charge < -0.3 is 9.80 Å². The van der Waals surface area contributed by atoms with Crippen LogP contribution in [0.4, 0.5) is 5.69 Å². The third-order valence-corrected chi connectivity index (χ3v) is 4.28. The molecular formula is C18H20ClN3O. The lowest BCUT2D eigenvalue weighted by atomic mass is 10.1. The molecule has 1 aromatic heterocycles. The van der Waals surface area contributed by atoms with Crippen molar-refractivity contribution in [1.29, 1.82) is 0 Å². The first-order valence-electron chi connectivity index (χ1n) is 7.82. The first-order valence-corrected chi connectivity index (χ1v) is 8.35. The maximum Gasteiger partial charge on any atom is 0.246 e. The van der Waals surface area contributed by atoms with Crippen molar-refractivity contribution in [1.82, 2.24) is 9.88 Å². The van der Waals surface area contributed by atoms with Crippen LogP contribution >= 0.6 is 11.6 Å². The highest BCUT2D eigenvalue weighted by Crippen LogP contribution is 2.27. The zero-order valence-corrected chi connectivity index (χ0v) is 14.0. The van der Waals surface area contributed by atoms with E-state index in [-0.39, 0.29) is 5.91 Å². The molecule has 1 aliphatic rings. The number of aryl methyl sites for hydroxylation is 1. The summed E-state index contributed by atoms with van der Waals surface area (Å²) in [6.07, 6.45) is 3.25. The first-order chi connectivity index (χ1) is 11.2. The molecule has 0 saturated carbocycles. The topological polar surface area (TPSA) is 36.4 Å². The van der Waals surface area contributed by atoms with Gasteiger partial charge in [-0.2, -0.15) is 0 Å². The molecule has 0 unspecified atom stereocenters. The summed E-state index contributed by atoms with van der Waals surface area (Å²) in [6, 6.07) is 10.3. The van der Waals surface area contributed by atoms with Crippen LogP contribution in [0.1, 0.15) is 5.69 Å². The van der Waals surface area contributed by atoms with Crippen molar-refractivity contribution in [3.8, 4) is 0 Å². The molecular weight excluding hydrogens is 310 g/mol. The number of amides is 1. The number of rotatable bonds is 3. The van der Waals surface area contributed by atoms with E-state index in [2.05, 4.69) is 22.0 Å². The predicted molar refractivity (Wildman–Crippen MR) is 95.1 cm³/mol. The summed E-state index contributed by atoms with van der Waals surface area (Å²) in [7, 11) is 0. The molecule has 4 nitrogen and oxygen atoms in total. The van der Waals surface area contributed by atoms with Crippen LogP contribution in [0.3, 0.4) is 0 Å². The molecule has 1 saturated heterocycles. The quantitative estimate of drug-likeness (QED) is 0.641. The van der Waals surface area contributed by atoms with E-state index in [0.29, 0.717) is 5.88 Å². The fraction of sp³-hybridized carbons (Fsp3) is 0.333. The van der Waals surface area contributed by atoms with Crippen LogP contribution in [0.5, 0.6) is 0 Å². The van der Waals surface area contributed by atoms with E-state index in [1.54, 1.807) is 12.2 Å². The number of halogens is 1. The monoisotopic (exact) mass is 329 g/mol. The third-order valence-electron chi connectivity index (χ3n) is 4.10. The molecule has 1 amide bonds. The molecule has 0 radical (unpaired) electrons. The summed E-state index contributed by atoms with van der Waals surface area (Å²) in [4.78, 5) is 20.8. The van der Waals surface area contributed by atoms with Gasteiger partial charge in [0.1, 0.15) is 0 Å². The van der Waals surface area contributed by atoms with Gasteiger partial charge in [-0.15, -0.1) is 11.6 Å². The second-order valence-electron chi connectivity index (χ2n) is 5.67. The number of pyridine rings is 1. The highest BCUT2D eigenvalue weighted by atomic mass is 35.5.